The maximum absolute atomic E-state index is 11.8. The highest BCUT2D eigenvalue weighted by Crippen LogP contribution is 2.33. The van der Waals surface area contributed by atoms with Crippen LogP contribution < -0.4 is 5.32 Å². The Morgan fingerprint density at radius 1 is 1.53 bits per heavy atom. The fourth-order valence-corrected chi connectivity index (χ4v) is 2.61. The summed E-state index contributed by atoms with van der Waals surface area (Å²) in [5.74, 6) is 0. The molecule has 2 unspecified atom stereocenters. The van der Waals surface area contributed by atoms with E-state index in [1.54, 1.807) is 7.05 Å². The van der Waals surface area contributed by atoms with E-state index in [-0.39, 0.29) is 18.7 Å². The number of hydrogen-bond acceptors (Lipinski definition) is 3. The summed E-state index contributed by atoms with van der Waals surface area (Å²) in [6, 6.07) is 1.53. The Labute approximate surface area is 103 Å². The van der Waals surface area contributed by atoms with Crippen LogP contribution in [0.1, 0.15) is 26.2 Å². The molecule has 17 heavy (non-hydrogen) atoms. The number of aliphatic hydroxyl groups excluding tert-OH is 1. The second-order valence-corrected chi connectivity index (χ2v) is 5.30. The van der Waals surface area contributed by atoms with Crippen LogP contribution in [0.3, 0.4) is 0 Å². The predicted molar refractivity (Wildman–Crippen MR) is 65.8 cm³/mol. The molecule has 0 aromatic carbocycles. The molecule has 2 atom stereocenters. The molecule has 0 spiro atoms. The lowest BCUT2D eigenvalue weighted by atomic mass is 10.2. The zero-order valence-corrected chi connectivity index (χ0v) is 10.7. The first-order valence-corrected chi connectivity index (χ1v) is 6.50. The van der Waals surface area contributed by atoms with E-state index < -0.39 is 0 Å². The number of aliphatic hydroxyl groups is 1. The highest BCUT2D eigenvalue weighted by atomic mass is 16.3. The summed E-state index contributed by atoms with van der Waals surface area (Å²) in [7, 11) is 1.71. The summed E-state index contributed by atoms with van der Waals surface area (Å²) >= 11 is 0. The highest BCUT2D eigenvalue weighted by molar-refractivity contribution is 5.74. The van der Waals surface area contributed by atoms with Crippen LogP contribution in [0.2, 0.25) is 0 Å². The third-order valence-corrected chi connectivity index (χ3v) is 3.75. The van der Waals surface area contributed by atoms with Gasteiger partial charge in [-0.15, -0.1) is 0 Å². The Balaban J connectivity index is 1.78. The Hall–Kier alpha value is -0.810. The lowest BCUT2D eigenvalue weighted by Gasteiger charge is -2.21. The first-order chi connectivity index (χ1) is 8.11. The van der Waals surface area contributed by atoms with Gasteiger partial charge < -0.3 is 15.3 Å². The SMILES string of the molecule is CC1CC(NC(=O)N(C)CCO)CN1C1CC1. The number of nitrogens with zero attached hydrogens (tertiary/aromatic N) is 2. The van der Waals surface area contributed by atoms with E-state index in [0.29, 0.717) is 12.6 Å². The summed E-state index contributed by atoms with van der Waals surface area (Å²) in [4.78, 5) is 15.8. The quantitative estimate of drug-likeness (QED) is 0.741. The normalized spacial score (nSPS) is 29.4. The molecule has 0 aromatic heterocycles. The van der Waals surface area contributed by atoms with Crippen LogP contribution in [0.5, 0.6) is 0 Å². The van der Waals surface area contributed by atoms with Crippen molar-refractivity contribution < 1.29 is 9.90 Å². The number of likely N-dealkylation sites (N-methyl/N-ethyl adjacent to an activating group) is 1. The smallest absolute Gasteiger partial charge is 0.317 e. The van der Waals surface area contributed by atoms with Crippen molar-refractivity contribution in [1.29, 1.82) is 0 Å². The summed E-state index contributed by atoms with van der Waals surface area (Å²) in [6.07, 6.45) is 3.67. The van der Waals surface area contributed by atoms with Gasteiger partial charge in [-0.25, -0.2) is 4.79 Å². The third kappa shape index (κ3) is 3.10. The number of likely N-dealkylation sites (tertiary alicyclic amines) is 1. The fraction of sp³-hybridized carbons (Fsp3) is 0.917. The standard InChI is InChI=1S/C12H23N3O2/c1-9-7-10(8-15(9)11-3-4-11)13-12(17)14(2)5-6-16/h9-11,16H,3-8H2,1-2H3,(H,13,17). The van der Waals surface area contributed by atoms with Gasteiger partial charge in [-0.1, -0.05) is 0 Å². The second kappa shape index (κ2) is 5.23. The van der Waals surface area contributed by atoms with Gasteiger partial charge in [-0.2, -0.15) is 0 Å². The van der Waals surface area contributed by atoms with Gasteiger partial charge in [0.1, 0.15) is 0 Å². The van der Waals surface area contributed by atoms with Crippen molar-refractivity contribution in [3.8, 4) is 0 Å². The van der Waals surface area contributed by atoms with E-state index in [1.807, 2.05) is 0 Å². The molecular formula is C12H23N3O2. The molecule has 1 saturated carbocycles. The summed E-state index contributed by atoms with van der Waals surface area (Å²) in [5.41, 5.74) is 0. The van der Waals surface area contributed by atoms with E-state index in [9.17, 15) is 4.79 Å². The molecule has 2 amide bonds. The van der Waals surface area contributed by atoms with Crippen LogP contribution in [-0.4, -0.2) is 65.8 Å². The van der Waals surface area contributed by atoms with Gasteiger partial charge in [-0.05, 0) is 26.2 Å². The Bertz CT molecular complexity index is 281. The van der Waals surface area contributed by atoms with Gasteiger partial charge in [0.05, 0.1) is 6.61 Å². The van der Waals surface area contributed by atoms with Gasteiger partial charge in [0, 0.05) is 38.3 Å². The van der Waals surface area contributed by atoms with Gasteiger partial charge in [-0.3, -0.25) is 4.90 Å². The molecule has 2 aliphatic rings. The maximum atomic E-state index is 11.8. The van der Waals surface area contributed by atoms with Gasteiger partial charge in [0.25, 0.3) is 0 Å². The lowest BCUT2D eigenvalue weighted by Crippen LogP contribution is -2.45. The maximum Gasteiger partial charge on any atom is 0.317 e. The van der Waals surface area contributed by atoms with Gasteiger partial charge >= 0.3 is 6.03 Å². The summed E-state index contributed by atoms with van der Waals surface area (Å²) in [6.45, 7) is 3.62. The average Bonchev–Trinajstić information content (AvgIpc) is 3.04. The Morgan fingerprint density at radius 3 is 2.82 bits per heavy atom. The molecule has 0 bridgehead atoms. The van der Waals surface area contributed by atoms with Gasteiger partial charge in [0.15, 0.2) is 0 Å². The molecule has 0 radical (unpaired) electrons. The highest BCUT2D eigenvalue weighted by Gasteiger charge is 2.39. The van der Waals surface area contributed by atoms with Crippen LogP contribution in [0.4, 0.5) is 4.79 Å². The Kier molecular flexibility index (Phi) is 3.89. The molecule has 2 N–H and O–H groups in total. The lowest BCUT2D eigenvalue weighted by molar-refractivity contribution is 0.186. The topological polar surface area (TPSA) is 55.8 Å². The van der Waals surface area contributed by atoms with E-state index in [0.717, 1.165) is 19.0 Å². The van der Waals surface area contributed by atoms with Crippen molar-refractivity contribution in [2.24, 2.45) is 0 Å². The van der Waals surface area contributed by atoms with E-state index in [4.69, 9.17) is 5.11 Å². The minimum Gasteiger partial charge on any atom is -0.395 e. The molecule has 98 valence electrons. The third-order valence-electron chi connectivity index (χ3n) is 3.75. The molecule has 2 fully saturated rings. The van der Waals surface area contributed by atoms with E-state index in [2.05, 4.69) is 17.1 Å². The van der Waals surface area contributed by atoms with E-state index in [1.165, 1.54) is 17.7 Å². The van der Waals surface area contributed by atoms with Crippen LogP contribution in [0, 0.1) is 0 Å². The van der Waals surface area contributed by atoms with Gasteiger partial charge in [0.2, 0.25) is 0 Å². The minimum absolute atomic E-state index is 0.0131. The zero-order valence-electron chi connectivity index (χ0n) is 10.7. The number of carbonyl (C=O) groups is 1. The minimum atomic E-state index is -0.0751. The number of amides is 2. The molecule has 1 aliphatic heterocycles. The van der Waals surface area contributed by atoms with Crippen LogP contribution in [0.15, 0.2) is 0 Å². The number of rotatable bonds is 4. The molecule has 1 heterocycles. The van der Waals surface area contributed by atoms with Crippen molar-refractivity contribution in [2.45, 2.75) is 44.3 Å². The first kappa shape index (κ1) is 12.6. The number of carbonyl (C=O) groups excluding carboxylic acids is 1. The number of hydrogen-bond donors (Lipinski definition) is 2. The summed E-state index contributed by atoms with van der Waals surface area (Å²) in [5, 5.41) is 11.8. The molecule has 5 nitrogen and oxygen atoms in total. The molecule has 1 aliphatic carbocycles. The zero-order chi connectivity index (χ0) is 12.4. The number of urea groups is 1. The average molecular weight is 241 g/mol. The van der Waals surface area contributed by atoms with Crippen molar-refractivity contribution in [3.63, 3.8) is 0 Å². The molecule has 2 rings (SSSR count). The molecule has 0 aromatic rings. The van der Waals surface area contributed by atoms with E-state index >= 15 is 0 Å². The molecular weight excluding hydrogens is 218 g/mol. The monoisotopic (exact) mass is 241 g/mol. The Morgan fingerprint density at radius 2 is 2.24 bits per heavy atom. The first-order valence-electron chi connectivity index (χ1n) is 6.50. The van der Waals surface area contributed by atoms with Crippen LogP contribution in [0.25, 0.3) is 0 Å². The largest absolute Gasteiger partial charge is 0.395 e. The second-order valence-electron chi connectivity index (χ2n) is 5.30. The van der Waals surface area contributed by atoms with Crippen LogP contribution >= 0.6 is 0 Å². The van der Waals surface area contributed by atoms with Crippen molar-refractivity contribution in [2.75, 3.05) is 26.7 Å². The van der Waals surface area contributed by atoms with Crippen molar-refractivity contribution in [3.05, 3.63) is 0 Å². The van der Waals surface area contributed by atoms with Crippen molar-refractivity contribution >= 4 is 6.03 Å². The van der Waals surface area contributed by atoms with Crippen molar-refractivity contribution in [1.82, 2.24) is 15.1 Å². The molecule has 1 saturated heterocycles. The number of nitrogens with one attached hydrogen (secondary N) is 1. The van der Waals surface area contributed by atoms with Crippen LogP contribution in [-0.2, 0) is 0 Å². The predicted octanol–water partition coefficient (Wildman–Crippen LogP) is 0.245. The fourth-order valence-electron chi connectivity index (χ4n) is 2.61. The summed E-state index contributed by atoms with van der Waals surface area (Å²) < 4.78 is 0. The molecule has 5 heteroatoms.